The zero-order chi connectivity index (χ0) is 14.8. The maximum absolute atomic E-state index is 12.2. The highest BCUT2D eigenvalue weighted by molar-refractivity contribution is 6.04. The van der Waals surface area contributed by atoms with Gasteiger partial charge in [0, 0.05) is 23.1 Å². The third-order valence-corrected chi connectivity index (χ3v) is 3.60. The van der Waals surface area contributed by atoms with Crippen LogP contribution in [-0.4, -0.2) is 0 Å². The Morgan fingerprint density at radius 3 is 2.52 bits per heavy atom. The number of hydrogen-bond acceptors (Lipinski definition) is 3. The van der Waals surface area contributed by atoms with Crippen LogP contribution in [0.25, 0.3) is 21.9 Å². The second-order valence-corrected chi connectivity index (χ2v) is 5.07. The monoisotopic (exact) mass is 279 g/mol. The van der Waals surface area contributed by atoms with Crippen molar-refractivity contribution in [2.24, 2.45) is 0 Å². The van der Waals surface area contributed by atoms with Crippen LogP contribution in [0, 0.1) is 0 Å². The van der Waals surface area contributed by atoms with Crippen LogP contribution in [0.1, 0.15) is 19.1 Å². The van der Waals surface area contributed by atoms with E-state index in [4.69, 9.17) is 10.2 Å². The van der Waals surface area contributed by atoms with E-state index < -0.39 is 0 Å². The normalized spacial score (nSPS) is 10.9. The van der Waals surface area contributed by atoms with Crippen LogP contribution in [0.2, 0.25) is 0 Å². The second kappa shape index (κ2) is 5.44. The molecule has 0 bridgehead atoms. The van der Waals surface area contributed by atoms with Crippen LogP contribution in [0.4, 0.5) is 5.69 Å². The number of nitrogen functional groups attached to an aromatic ring is 1. The van der Waals surface area contributed by atoms with Gasteiger partial charge >= 0.3 is 5.63 Å². The fraction of sp³-hybridized carbons (Fsp3) is 0.167. The second-order valence-electron chi connectivity index (χ2n) is 5.07. The molecule has 0 aliphatic rings. The summed E-state index contributed by atoms with van der Waals surface area (Å²) in [7, 11) is 0. The molecule has 21 heavy (non-hydrogen) atoms. The highest BCUT2D eigenvalue weighted by Crippen LogP contribution is 2.34. The van der Waals surface area contributed by atoms with Crippen LogP contribution in [0.15, 0.2) is 57.7 Å². The Morgan fingerprint density at radius 1 is 1.05 bits per heavy atom. The van der Waals surface area contributed by atoms with Crippen LogP contribution < -0.4 is 11.4 Å². The van der Waals surface area contributed by atoms with E-state index in [9.17, 15) is 4.79 Å². The van der Waals surface area contributed by atoms with E-state index in [2.05, 4.69) is 6.92 Å². The molecule has 0 amide bonds. The Balaban J connectivity index is 2.47. The molecular weight excluding hydrogens is 262 g/mol. The molecule has 0 spiro atoms. The predicted octanol–water partition coefficient (Wildman–Crippen LogP) is 3.99. The molecule has 3 rings (SSSR count). The first-order valence-electron chi connectivity index (χ1n) is 7.12. The first-order chi connectivity index (χ1) is 10.2. The average molecular weight is 279 g/mol. The summed E-state index contributed by atoms with van der Waals surface area (Å²) in [6.45, 7) is 2.06. The Hall–Kier alpha value is -2.55. The standard InChI is InChI=1S/C18H17NO2/c1-2-7-15-16(12-8-4-3-5-9-12)17-13(18(20)21-15)10-6-11-14(17)19/h3-6,8-11H,2,7,19H2,1H3. The molecule has 1 aromatic heterocycles. The minimum Gasteiger partial charge on any atom is -0.427 e. The molecule has 2 N–H and O–H groups in total. The third kappa shape index (κ3) is 2.31. The first kappa shape index (κ1) is 13.4. The van der Waals surface area contributed by atoms with Crippen LogP contribution in [0.3, 0.4) is 0 Å². The lowest BCUT2D eigenvalue weighted by atomic mass is 9.96. The van der Waals surface area contributed by atoms with Gasteiger partial charge in [0.15, 0.2) is 0 Å². The summed E-state index contributed by atoms with van der Waals surface area (Å²) >= 11 is 0. The van der Waals surface area contributed by atoms with E-state index in [-0.39, 0.29) is 5.63 Å². The van der Waals surface area contributed by atoms with Crippen molar-refractivity contribution >= 4 is 16.5 Å². The molecule has 3 aromatic rings. The summed E-state index contributed by atoms with van der Waals surface area (Å²) in [5.74, 6) is 0.708. The van der Waals surface area contributed by atoms with E-state index in [1.807, 2.05) is 36.4 Å². The van der Waals surface area contributed by atoms with Crippen molar-refractivity contribution in [3.8, 4) is 11.1 Å². The molecule has 0 unspecified atom stereocenters. The number of fused-ring (bicyclic) bond motifs is 1. The summed E-state index contributed by atoms with van der Waals surface area (Å²) in [6, 6.07) is 15.3. The minimum atomic E-state index is -0.319. The van der Waals surface area contributed by atoms with E-state index in [0.29, 0.717) is 23.3 Å². The van der Waals surface area contributed by atoms with Gasteiger partial charge in [-0.05, 0) is 24.1 Å². The molecule has 0 atom stereocenters. The summed E-state index contributed by atoms with van der Waals surface area (Å²) in [4.78, 5) is 12.2. The predicted molar refractivity (Wildman–Crippen MR) is 86.3 cm³/mol. The molecule has 3 heteroatoms. The van der Waals surface area contributed by atoms with Gasteiger partial charge < -0.3 is 10.2 Å². The molecular formula is C18H17NO2. The Morgan fingerprint density at radius 2 is 1.81 bits per heavy atom. The highest BCUT2D eigenvalue weighted by Gasteiger charge is 2.16. The third-order valence-electron chi connectivity index (χ3n) is 3.60. The lowest BCUT2D eigenvalue weighted by molar-refractivity contribution is 0.466. The Kier molecular flexibility index (Phi) is 3.48. The SMILES string of the molecule is CCCc1oc(=O)c2cccc(N)c2c1-c1ccccc1. The number of nitrogens with two attached hydrogens (primary N) is 1. The number of benzene rings is 2. The van der Waals surface area contributed by atoms with Crippen LogP contribution in [-0.2, 0) is 6.42 Å². The van der Waals surface area contributed by atoms with Gasteiger partial charge in [-0.15, -0.1) is 0 Å². The maximum Gasteiger partial charge on any atom is 0.343 e. The van der Waals surface area contributed by atoms with Gasteiger partial charge in [-0.1, -0.05) is 43.3 Å². The number of hydrogen-bond donors (Lipinski definition) is 1. The van der Waals surface area contributed by atoms with Crippen molar-refractivity contribution in [1.29, 1.82) is 0 Å². The molecule has 0 radical (unpaired) electrons. The summed E-state index contributed by atoms with van der Waals surface area (Å²) in [5.41, 5.74) is 8.39. The minimum absolute atomic E-state index is 0.319. The zero-order valence-corrected chi connectivity index (χ0v) is 11.9. The fourth-order valence-electron chi connectivity index (χ4n) is 2.69. The van der Waals surface area contributed by atoms with Crippen LogP contribution >= 0.6 is 0 Å². The van der Waals surface area contributed by atoms with Crippen LogP contribution in [0.5, 0.6) is 0 Å². The lowest BCUT2D eigenvalue weighted by Gasteiger charge is -2.13. The molecule has 3 nitrogen and oxygen atoms in total. The van der Waals surface area contributed by atoms with Gasteiger partial charge in [-0.25, -0.2) is 4.79 Å². The molecule has 0 saturated carbocycles. The van der Waals surface area contributed by atoms with Crippen molar-refractivity contribution in [2.45, 2.75) is 19.8 Å². The topological polar surface area (TPSA) is 56.2 Å². The summed E-state index contributed by atoms with van der Waals surface area (Å²) < 4.78 is 5.56. The van der Waals surface area contributed by atoms with E-state index >= 15 is 0 Å². The fourth-order valence-corrected chi connectivity index (χ4v) is 2.69. The summed E-state index contributed by atoms with van der Waals surface area (Å²) in [5, 5.41) is 1.33. The van der Waals surface area contributed by atoms with Crippen molar-refractivity contribution in [3.05, 3.63) is 64.7 Å². The molecule has 0 fully saturated rings. The molecule has 0 aliphatic carbocycles. The molecule has 2 aromatic carbocycles. The van der Waals surface area contributed by atoms with Gasteiger partial charge in [0.1, 0.15) is 5.76 Å². The lowest BCUT2D eigenvalue weighted by Crippen LogP contribution is -2.06. The zero-order valence-electron chi connectivity index (χ0n) is 11.9. The molecule has 0 aliphatic heterocycles. The van der Waals surface area contributed by atoms with Crippen molar-refractivity contribution < 1.29 is 4.42 Å². The largest absolute Gasteiger partial charge is 0.427 e. The molecule has 106 valence electrons. The van der Waals surface area contributed by atoms with Gasteiger partial charge in [-0.3, -0.25) is 0 Å². The van der Waals surface area contributed by atoms with Crippen molar-refractivity contribution in [3.63, 3.8) is 0 Å². The Labute approximate surface area is 123 Å². The van der Waals surface area contributed by atoms with E-state index in [1.54, 1.807) is 12.1 Å². The van der Waals surface area contributed by atoms with Gasteiger partial charge in [-0.2, -0.15) is 0 Å². The number of rotatable bonds is 3. The Bertz CT molecular complexity index is 835. The summed E-state index contributed by atoms with van der Waals surface area (Å²) in [6.07, 6.45) is 1.62. The van der Waals surface area contributed by atoms with E-state index in [0.717, 1.165) is 22.9 Å². The smallest absolute Gasteiger partial charge is 0.343 e. The number of anilines is 1. The average Bonchev–Trinajstić information content (AvgIpc) is 2.50. The van der Waals surface area contributed by atoms with Crippen molar-refractivity contribution in [2.75, 3.05) is 5.73 Å². The van der Waals surface area contributed by atoms with Crippen molar-refractivity contribution in [1.82, 2.24) is 0 Å². The van der Waals surface area contributed by atoms with Gasteiger partial charge in [0.05, 0.1) is 5.39 Å². The number of aryl methyl sites for hydroxylation is 1. The van der Waals surface area contributed by atoms with Gasteiger partial charge in [0.2, 0.25) is 0 Å². The first-order valence-corrected chi connectivity index (χ1v) is 7.12. The van der Waals surface area contributed by atoms with Gasteiger partial charge in [0.25, 0.3) is 0 Å². The highest BCUT2D eigenvalue weighted by atomic mass is 16.4. The maximum atomic E-state index is 12.2. The molecule has 1 heterocycles. The van der Waals surface area contributed by atoms with E-state index in [1.165, 1.54) is 0 Å². The quantitative estimate of drug-likeness (QED) is 0.737. The molecule has 0 saturated heterocycles.